The van der Waals surface area contributed by atoms with E-state index in [2.05, 4.69) is 4.98 Å². The number of hydrogen-bond acceptors (Lipinski definition) is 4. The van der Waals surface area contributed by atoms with Gasteiger partial charge in [-0.1, -0.05) is 0 Å². The quantitative estimate of drug-likeness (QED) is 0.886. The molecule has 0 aliphatic carbocycles. The van der Waals surface area contributed by atoms with Crippen LogP contribution in [0.25, 0.3) is 0 Å². The van der Waals surface area contributed by atoms with Gasteiger partial charge in [0.15, 0.2) is 0 Å². The molecule has 0 bridgehead atoms. The first-order chi connectivity index (χ1) is 9.13. The van der Waals surface area contributed by atoms with Gasteiger partial charge in [-0.3, -0.25) is 4.79 Å². The summed E-state index contributed by atoms with van der Waals surface area (Å²) in [6.07, 6.45) is 3.58. The number of methoxy groups -OCH3 is 1. The Bertz CT molecular complexity index is 472. The molecule has 2 rings (SSSR count). The highest BCUT2D eigenvalue weighted by Gasteiger charge is 2.32. The molecule has 0 unspecified atom stereocenters. The summed E-state index contributed by atoms with van der Waals surface area (Å²) >= 11 is 0. The summed E-state index contributed by atoms with van der Waals surface area (Å²) in [5.74, 6) is -0.818. The number of likely N-dealkylation sites (tertiary alicyclic amines) is 1. The average molecular weight is 264 g/mol. The fourth-order valence-electron chi connectivity index (χ4n) is 2.22. The number of piperidine rings is 1. The zero-order valence-electron chi connectivity index (χ0n) is 10.7. The number of carboxylic acids is 1. The van der Waals surface area contributed by atoms with E-state index in [0.717, 1.165) is 12.8 Å². The van der Waals surface area contributed by atoms with Crippen LogP contribution in [-0.4, -0.2) is 46.6 Å². The van der Waals surface area contributed by atoms with Gasteiger partial charge in [0.1, 0.15) is 6.04 Å². The van der Waals surface area contributed by atoms with Crippen molar-refractivity contribution in [3.05, 3.63) is 23.9 Å². The van der Waals surface area contributed by atoms with E-state index >= 15 is 0 Å². The predicted octanol–water partition coefficient (Wildman–Crippen LogP) is 1.17. The minimum atomic E-state index is -0.950. The Labute approximate surface area is 111 Å². The number of amides is 1. The Balaban J connectivity index is 2.18. The van der Waals surface area contributed by atoms with Gasteiger partial charge in [-0.2, -0.15) is 0 Å². The molecular formula is C13H16N2O4. The number of aromatic nitrogens is 1. The molecule has 1 aliphatic heterocycles. The molecule has 19 heavy (non-hydrogen) atoms. The number of nitrogens with zero attached hydrogens (tertiary/aromatic N) is 2. The van der Waals surface area contributed by atoms with E-state index in [0.29, 0.717) is 24.4 Å². The second kappa shape index (κ2) is 5.69. The Morgan fingerprint density at radius 3 is 2.79 bits per heavy atom. The van der Waals surface area contributed by atoms with E-state index < -0.39 is 12.0 Å². The maximum atomic E-state index is 12.3. The van der Waals surface area contributed by atoms with Gasteiger partial charge >= 0.3 is 5.97 Å². The van der Waals surface area contributed by atoms with Crippen LogP contribution >= 0.6 is 0 Å². The third-order valence-corrected chi connectivity index (χ3v) is 3.24. The van der Waals surface area contributed by atoms with Crippen molar-refractivity contribution in [3.8, 4) is 5.88 Å². The molecule has 1 aromatic heterocycles. The highest BCUT2D eigenvalue weighted by Crippen LogP contribution is 2.20. The second-order valence-electron chi connectivity index (χ2n) is 4.44. The Hall–Kier alpha value is -2.11. The molecule has 6 nitrogen and oxygen atoms in total. The van der Waals surface area contributed by atoms with Crippen LogP contribution in [0.3, 0.4) is 0 Å². The first-order valence-corrected chi connectivity index (χ1v) is 6.17. The van der Waals surface area contributed by atoms with Crippen molar-refractivity contribution in [2.24, 2.45) is 0 Å². The Kier molecular flexibility index (Phi) is 3.99. The standard InChI is InChI=1S/C13H16N2O4/c1-19-11-6-5-9(8-14-11)12(16)15-7-3-2-4-10(15)13(17)18/h5-6,8,10H,2-4,7H2,1H3,(H,17,18)/t10-/m1/s1. The minimum absolute atomic E-state index is 0.290. The molecule has 6 heteroatoms. The van der Waals surface area contributed by atoms with Gasteiger partial charge in [-0.05, 0) is 25.3 Å². The SMILES string of the molecule is COc1ccc(C(=O)N2CCCC[C@@H]2C(=O)O)cn1. The average Bonchev–Trinajstić information content (AvgIpc) is 2.46. The van der Waals surface area contributed by atoms with Crippen LogP contribution in [0.15, 0.2) is 18.3 Å². The molecule has 0 radical (unpaired) electrons. The summed E-state index contributed by atoms with van der Waals surface area (Å²) in [7, 11) is 1.49. The summed E-state index contributed by atoms with van der Waals surface area (Å²) in [5.41, 5.74) is 0.383. The number of carbonyl (C=O) groups is 2. The van der Waals surface area contributed by atoms with E-state index in [-0.39, 0.29) is 5.91 Å². The number of carbonyl (C=O) groups excluding carboxylic acids is 1. The Morgan fingerprint density at radius 1 is 1.42 bits per heavy atom. The van der Waals surface area contributed by atoms with Crippen molar-refractivity contribution in [2.75, 3.05) is 13.7 Å². The van der Waals surface area contributed by atoms with E-state index in [9.17, 15) is 9.59 Å². The number of hydrogen-bond donors (Lipinski definition) is 1. The number of rotatable bonds is 3. The smallest absolute Gasteiger partial charge is 0.326 e. The summed E-state index contributed by atoms with van der Waals surface area (Å²) in [6, 6.07) is 2.46. The summed E-state index contributed by atoms with van der Waals surface area (Å²) in [5, 5.41) is 9.16. The molecule has 2 heterocycles. The summed E-state index contributed by atoms with van der Waals surface area (Å²) < 4.78 is 4.92. The maximum Gasteiger partial charge on any atom is 0.326 e. The molecule has 1 saturated heterocycles. The number of ether oxygens (including phenoxy) is 1. The van der Waals surface area contributed by atoms with Crippen molar-refractivity contribution in [1.82, 2.24) is 9.88 Å². The summed E-state index contributed by atoms with van der Waals surface area (Å²) in [6.45, 7) is 0.474. The van der Waals surface area contributed by atoms with Gasteiger partial charge in [0.25, 0.3) is 5.91 Å². The van der Waals surface area contributed by atoms with Gasteiger partial charge in [-0.25, -0.2) is 9.78 Å². The summed E-state index contributed by atoms with van der Waals surface area (Å²) in [4.78, 5) is 28.8. The monoisotopic (exact) mass is 264 g/mol. The van der Waals surface area contributed by atoms with Crippen LogP contribution in [0.2, 0.25) is 0 Å². The van der Waals surface area contributed by atoms with Crippen LogP contribution < -0.4 is 4.74 Å². The lowest BCUT2D eigenvalue weighted by Crippen LogP contribution is -2.48. The zero-order chi connectivity index (χ0) is 13.8. The van der Waals surface area contributed by atoms with E-state index in [1.165, 1.54) is 18.2 Å². The molecule has 1 amide bonds. The first-order valence-electron chi connectivity index (χ1n) is 6.17. The van der Waals surface area contributed by atoms with E-state index in [1.807, 2.05) is 0 Å². The van der Waals surface area contributed by atoms with Crippen LogP contribution in [0.1, 0.15) is 29.6 Å². The molecule has 1 aliphatic rings. The lowest BCUT2D eigenvalue weighted by atomic mass is 10.0. The molecule has 102 valence electrons. The van der Waals surface area contributed by atoms with E-state index in [4.69, 9.17) is 9.84 Å². The van der Waals surface area contributed by atoms with Gasteiger partial charge in [0.05, 0.1) is 12.7 Å². The lowest BCUT2D eigenvalue weighted by Gasteiger charge is -2.32. The third kappa shape index (κ3) is 2.83. The molecule has 1 fully saturated rings. The van der Waals surface area contributed by atoms with Crippen LogP contribution in [0, 0.1) is 0 Å². The van der Waals surface area contributed by atoms with Crippen LogP contribution in [0.5, 0.6) is 5.88 Å². The lowest BCUT2D eigenvalue weighted by molar-refractivity contribution is -0.143. The van der Waals surface area contributed by atoms with Crippen molar-refractivity contribution < 1.29 is 19.4 Å². The zero-order valence-corrected chi connectivity index (χ0v) is 10.7. The highest BCUT2D eigenvalue weighted by atomic mass is 16.5. The molecule has 0 aromatic carbocycles. The van der Waals surface area contributed by atoms with Crippen LogP contribution in [0.4, 0.5) is 0 Å². The normalized spacial score (nSPS) is 19.0. The van der Waals surface area contributed by atoms with Crippen molar-refractivity contribution >= 4 is 11.9 Å². The predicted molar refractivity (Wildman–Crippen MR) is 67.1 cm³/mol. The van der Waals surface area contributed by atoms with Gasteiger partial charge < -0.3 is 14.7 Å². The number of aliphatic carboxylic acids is 1. The Morgan fingerprint density at radius 2 is 2.21 bits per heavy atom. The highest BCUT2D eigenvalue weighted by molar-refractivity contribution is 5.96. The molecule has 1 aromatic rings. The fourth-order valence-corrected chi connectivity index (χ4v) is 2.22. The maximum absolute atomic E-state index is 12.3. The first kappa shape index (κ1) is 13.3. The van der Waals surface area contributed by atoms with Crippen molar-refractivity contribution in [2.45, 2.75) is 25.3 Å². The molecule has 1 atom stereocenters. The third-order valence-electron chi connectivity index (χ3n) is 3.24. The molecule has 0 spiro atoms. The van der Waals surface area contributed by atoms with Crippen molar-refractivity contribution in [1.29, 1.82) is 0 Å². The van der Waals surface area contributed by atoms with Crippen LogP contribution in [-0.2, 0) is 4.79 Å². The molecule has 0 saturated carbocycles. The van der Waals surface area contributed by atoms with Crippen molar-refractivity contribution in [3.63, 3.8) is 0 Å². The van der Waals surface area contributed by atoms with Gasteiger partial charge in [0.2, 0.25) is 5.88 Å². The number of pyridine rings is 1. The minimum Gasteiger partial charge on any atom is -0.481 e. The van der Waals surface area contributed by atoms with Gasteiger partial charge in [-0.15, -0.1) is 0 Å². The molecular weight excluding hydrogens is 248 g/mol. The second-order valence-corrected chi connectivity index (χ2v) is 4.44. The topological polar surface area (TPSA) is 79.7 Å². The largest absolute Gasteiger partial charge is 0.481 e. The van der Waals surface area contributed by atoms with Gasteiger partial charge in [0, 0.05) is 18.8 Å². The molecule has 1 N–H and O–H groups in total. The number of carboxylic acid groups (broad SMARTS) is 1. The van der Waals surface area contributed by atoms with E-state index in [1.54, 1.807) is 12.1 Å². The fraction of sp³-hybridized carbons (Fsp3) is 0.462.